The lowest BCUT2D eigenvalue weighted by Crippen LogP contribution is -2.09. The van der Waals surface area contributed by atoms with Crippen LogP contribution in [0.5, 0.6) is 0 Å². The molecule has 56 heavy (non-hydrogen) atoms. The molecular weight excluding hydrogens is 683 g/mol. The summed E-state index contributed by atoms with van der Waals surface area (Å²) >= 11 is 0. The molecule has 2 aromatic heterocycles. The predicted octanol–water partition coefficient (Wildman–Crippen LogP) is 13.9. The summed E-state index contributed by atoms with van der Waals surface area (Å²) in [5.41, 5.74) is 14.5. The lowest BCUT2D eigenvalue weighted by molar-refractivity contribution is 0.666. The number of nitrogens with zero attached hydrogens (tertiary/aromatic N) is 3. The van der Waals surface area contributed by atoms with E-state index in [0.717, 1.165) is 77.9 Å². The number of hydrogen-bond acceptors (Lipinski definition) is 2. The van der Waals surface area contributed by atoms with Crippen molar-refractivity contribution in [1.29, 1.82) is 0 Å². The molecule has 0 radical (unpaired) electrons. The molecule has 0 aliphatic carbocycles. The van der Waals surface area contributed by atoms with E-state index in [1.165, 1.54) is 21.9 Å². The van der Waals surface area contributed by atoms with E-state index in [9.17, 15) is 0 Å². The van der Waals surface area contributed by atoms with Gasteiger partial charge in [0.05, 0.1) is 22.4 Å². The van der Waals surface area contributed by atoms with Gasteiger partial charge in [-0.05, 0) is 63.2 Å². The lowest BCUT2D eigenvalue weighted by Gasteiger charge is -2.37. The van der Waals surface area contributed by atoms with Gasteiger partial charge in [-0.25, -0.2) is 0 Å². The summed E-state index contributed by atoms with van der Waals surface area (Å²) in [6.07, 6.45) is 1.64. The quantitative estimate of drug-likeness (QED) is 0.169. The summed E-state index contributed by atoms with van der Waals surface area (Å²) in [6, 6.07) is 68.3. The van der Waals surface area contributed by atoms with E-state index in [-0.39, 0.29) is 0 Å². The Morgan fingerprint density at radius 3 is 1.62 bits per heavy atom. The molecule has 8 aromatic carbocycles. The molecule has 0 saturated carbocycles. The van der Waals surface area contributed by atoms with Crippen LogP contribution >= 0.6 is 0 Å². The van der Waals surface area contributed by atoms with Gasteiger partial charge in [0.25, 0.3) is 0 Å². The molecule has 1 unspecified atom stereocenters. The van der Waals surface area contributed by atoms with Gasteiger partial charge in [-0.2, -0.15) is 0 Å². The van der Waals surface area contributed by atoms with Crippen LogP contribution in [0.2, 0.25) is 0 Å². The molecule has 0 bridgehead atoms. The normalized spacial score (nSPS) is 14.2. The summed E-state index contributed by atoms with van der Waals surface area (Å²) in [5, 5.41) is 9.73. The fourth-order valence-electron chi connectivity index (χ4n) is 8.32. The molecule has 11 rings (SSSR count). The highest BCUT2D eigenvalue weighted by Gasteiger charge is 2.22. The molecule has 1 atom stereocenters. The van der Waals surface area contributed by atoms with Crippen molar-refractivity contribution in [2.24, 2.45) is 4.99 Å². The zero-order valence-electron chi connectivity index (χ0n) is 30.4. The average molecular weight is 717 g/mol. The van der Waals surface area contributed by atoms with Crippen molar-refractivity contribution in [3.63, 3.8) is 0 Å². The van der Waals surface area contributed by atoms with Gasteiger partial charge in [0.2, 0.25) is 0 Å². The summed E-state index contributed by atoms with van der Waals surface area (Å²) in [6.45, 7) is 0. The van der Waals surface area contributed by atoms with Gasteiger partial charge in [0.1, 0.15) is 5.58 Å². The molecule has 1 aliphatic heterocycles. The molecule has 3 heterocycles. The Bertz CT molecular complexity index is 3040. The minimum atomic E-state index is -0.464. The van der Waals surface area contributed by atoms with Crippen molar-refractivity contribution in [2.75, 3.05) is 0 Å². The maximum absolute atomic E-state index is 6.96. The molecule has 264 valence electrons. The molecule has 0 spiro atoms. The highest BCUT2D eigenvalue weighted by atomic mass is 16.3. The van der Waals surface area contributed by atoms with Gasteiger partial charge in [0.15, 0.2) is 5.58 Å². The second-order valence-corrected chi connectivity index (χ2v) is 14.3. The van der Waals surface area contributed by atoms with Crippen molar-refractivity contribution in [1.82, 2.24) is 4.57 Å². The standard InChI is InChI=1S/C52H34N3O/c1-5-15-34(16-6-1)38-27-29-40-41-30-28-39(35-17-7-2-8-18-35)32-48(41)55(47(40)31-38)46-25-13-23-42-50-43(24-14-26-49(50)56-51(42)46)52-53-44(36-19-9-3-10-20-36)33-45(54-52)37-21-11-4-12-22-37/h1-33,52H/q-1. The number of furan rings is 1. The first-order valence-corrected chi connectivity index (χ1v) is 19.0. The highest BCUT2D eigenvalue weighted by molar-refractivity contribution is 6.16. The molecule has 0 fully saturated rings. The molecule has 0 saturated heterocycles. The Kier molecular flexibility index (Phi) is 7.52. The number of para-hydroxylation sites is 1. The van der Waals surface area contributed by atoms with Crippen LogP contribution in [0.25, 0.3) is 82.7 Å². The van der Waals surface area contributed by atoms with E-state index in [4.69, 9.17) is 14.7 Å². The Balaban J connectivity index is 1.14. The van der Waals surface area contributed by atoms with E-state index in [1.54, 1.807) is 0 Å². The topological polar surface area (TPSA) is 44.5 Å². The SMILES string of the molecule is C1=C(c2ccccc2)[N-]C(c2cccc3oc4c(-n5c6cc(-c7ccccc7)ccc6c6ccc(-c7ccccc7)cc65)cccc4c23)N=C1c1ccccc1. The summed E-state index contributed by atoms with van der Waals surface area (Å²) in [7, 11) is 0. The van der Waals surface area contributed by atoms with Gasteiger partial charge in [0, 0.05) is 27.7 Å². The minimum Gasteiger partial charge on any atom is -0.659 e. The Labute approximate surface area is 324 Å². The van der Waals surface area contributed by atoms with Crippen LogP contribution in [0, 0.1) is 0 Å². The van der Waals surface area contributed by atoms with Crippen LogP contribution in [-0.4, -0.2) is 10.3 Å². The Morgan fingerprint density at radius 2 is 1.02 bits per heavy atom. The maximum atomic E-state index is 6.96. The summed E-state index contributed by atoms with van der Waals surface area (Å²) in [4.78, 5) is 5.29. The molecule has 1 aliphatic rings. The second kappa shape index (κ2) is 13.2. The molecular formula is C52H34N3O-. The monoisotopic (exact) mass is 716 g/mol. The molecule has 4 heteroatoms. The molecule has 0 N–H and O–H groups in total. The Hall–Kier alpha value is -7.43. The summed E-state index contributed by atoms with van der Waals surface area (Å²) in [5.74, 6) is 0. The third-order valence-corrected chi connectivity index (χ3v) is 11.0. The van der Waals surface area contributed by atoms with Gasteiger partial charge in [-0.1, -0.05) is 176 Å². The first-order chi connectivity index (χ1) is 27.8. The number of fused-ring (bicyclic) bond motifs is 6. The van der Waals surface area contributed by atoms with Crippen LogP contribution in [0.4, 0.5) is 0 Å². The molecule has 4 nitrogen and oxygen atoms in total. The van der Waals surface area contributed by atoms with Crippen LogP contribution in [0.3, 0.4) is 0 Å². The van der Waals surface area contributed by atoms with Gasteiger partial charge < -0.3 is 14.3 Å². The molecule has 10 aromatic rings. The predicted molar refractivity (Wildman–Crippen MR) is 232 cm³/mol. The lowest BCUT2D eigenvalue weighted by atomic mass is 9.99. The average Bonchev–Trinajstić information content (AvgIpc) is 3.83. The number of aliphatic imine (C=N–C) groups is 1. The van der Waals surface area contributed by atoms with Crippen LogP contribution in [0.15, 0.2) is 210 Å². The fraction of sp³-hybridized carbons (Fsp3) is 0.0192. The first kappa shape index (κ1) is 32.0. The van der Waals surface area contributed by atoms with E-state index in [0.29, 0.717) is 0 Å². The van der Waals surface area contributed by atoms with Crippen molar-refractivity contribution >= 4 is 55.2 Å². The minimum absolute atomic E-state index is 0.464. The number of hydrogen-bond donors (Lipinski definition) is 0. The third-order valence-electron chi connectivity index (χ3n) is 11.0. The number of aromatic nitrogens is 1. The zero-order valence-corrected chi connectivity index (χ0v) is 30.4. The van der Waals surface area contributed by atoms with Crippen molar-refractivity contribution in [2.45, 2.75) is 6.17 Å². The number of benzene rings is 8. The van der Waals surface area contributed by atoms with Crippen molar-refractivity contribution < 1.29 is 4.42 Å². The van der Waals surface area contributed by atoms with Gasteiger partial charge in [-0.3, -0.25) is 4.99 Å². The van der Waals surface area contributed by atoms with Crippen LogP contribution in [-0.2, 0) is 0 Å². The van der Waals surface area contributed by atoms with Crippen LogP contribution in [0.1, 0.15) is 22.9 Å². The first-order valence-electron chi connectivity index (χ1n) is 19.0. The largest absolute Gasteiger partial charge is 0.659 e. The van der Waals surface area contributed by atoms with Crippen molar-refractivity contribution in [3.05, 3.63) is 222 Å². The van der Waals surface area contributed by atoms with E-state index in [2.05, 4.69) is 193 Å². The van der Waals surface area contributed by atoms with Crippen molar-refractivity contribution in [3.8, 4) is 27.9 Å². The second-order valence-electron chi connectivity index (χ2n) is 14.3. The number of allylic oxidation sites excluding steroid dienone is 1. The Morgan fingerprint density at radius 1 is 0.464 bits per heavy atom. The smallest absolute Gasteiger partial charge is 0.159 e. The third kappa shape index (κ3) is 5.34. The molecule has 0 amide bonds. The fourth-order valence-corrected chi connectivity index (χ4v) is 8.32. The summed E-state index contributed by atoms with van der Waals surface area (Å²) < 4.78 is 9.35. The van der Waals surface area contributed by atoms with E-state index in [1.807, 2.05) is 12.1 Å². The van der Waals surface area contributed by atoms with E-state index < -0.39 is 6.17 Å². The van der Waals surface area contributed by atoms with Crippen LogP contribution < -0.4 is 0 Å². The zero-order chi connectivity index (χ0) is 37.0. The highest BCUT2D eigenvalue weighted by Crippen LogP contribution is 2.45. The van der Waals surface area contributed by atoms with Gasteiger partial charge >= 0.3 is 0 Å². The van der Waals surface area contributed by atoms with Gasteiger partial charge in [-0.15, -0.1) is 5.70 Å². The number of rotatable bonds is 6. The maximum Gasteiger partial charge on any atom is 0.159 e. The van der Waals surface area contributed by atoms with E-state index >= 15 is 0 Å².